The minimum absolute atomic E-state index is 0.0202. The SMILES string of the molecule is NC(=O)CN(C(=O)c1cc(Br)cc(Br)c1)C1CCCC1. The summed E-state index contributed by atoms with van der Waals surface area (Å²) in [6, 6.07) is 5.50. The molecule has 1 aromatic rings. The number of hydrogen-bond acceptors (Lipinski definition) is 2. The van der Waals surface area contributed by atoms with Crippen molar-refractivity contribution in [2.45, 2.75) is 31.7 Å². The predicted molar refractivity (Wildman–Crippen MR) is 84.3 cm³/mol. The van der Waals surface area contributed by atoms with Gasteiger partial charge in [0.15, 0.2) is 0 Å². The van der Waals surface area contributed by atoms with E-state index in [1.165, 1.54) is 0 Å². The van der Waals surface area contributed by atoms with Crippen molar-refractivity contribution in [1.82, 2.24) is 4.90 Å². The van der Waals surface area contributed by atoms with Crippen LogP contribution in [0.1, 0.15) is 36.0 Å². The highest BCUT2D eigenvalue weighted by molar-refractivity contribution is 9.11. The van der Waals surface area contributed by atoms with Crippen LogP contribution in [0.25, 0.3) is 0 Å². The maximum Gasteiger partial charge on any atom is 0.254 e. The maximum absolute atomic E-state index is 12.6. The first-order valence-corrected chi connectivity index (χ1v) is 8.11. The van der Waals surface area contributed by atoms with E-state index in [4.69, 9.17) is 5.73 Å². The molecule has 6 heteroatoms. The topological polar surface area (TPSA) is 63.4 Å². The summed E-state index contributed by atoms with van der Waals surface area (Å²) in [6.07, 6.45) is 4.06. The van der Waals surface area contributed by atoms with Crippen molar-refractivity contribution >= 4 is 43.7 Å². The quantitative estimate of drug-likeness (QED) is 0.839. The Labute approximate surface area is 135 Å². The molecule has 20 heavy (non-hydrogen) atoms. The monoisotopic (exact) mass is 402 g/mol. The number of nitrogens with two attached hydrogens (primary N) is 1. The zero-order valence-electron chi connectivity index (χ0n) is 10.9. The molecule has 0 unspecified atom stereocenters. The van der Waals surface area contributed by atoms with Gasteiger partial charge in [-0.05, 0) is 31.0 Å². The third-order valence-corrected chi connectivity index (χ3v) is 4.38. The summed E-state index contributed by atoms with van der Waals surface area (Å²) in [5, 5.41) is 0. The van der Waals surface area contributed by atoms with Crippen molar-refractivity contribution in [1.29, 1.82) is 0 Å². The van der Waals surface area contributed by atoms with E-state index in [0.717, 1.165) is 34.6 Å². The lowest BCUT2D eigenvalue weighted by Gasteiger charge is -2.28. The average Bonchev–Trinajstić information content (AvgIpc) is 2.87. The molecule has 0 bridgehead atoms. The number of carbonyl (C=O) groups excluding carboxylic acids is 2. The number of nitrogens with zero attached hydrogens (tertiary/aromatic N) is 1. The lowest BCUT2D eigenvalue weighted by Crippen LogP contribution is -2.44. The molecule has 0 radical (unpaired) electrons. The van der Waals surface area contributed by atoms with E-state index in [-0.39, 0.29) is 18.5 Å². The Balaban J connectivity index is 2.26. The Kier molecular flexibility index (Phi) is 5.21. The second-order valence-corrected chi connectivity index (χ2v) is 6.83. The zero-order valence-corrected chi connectivity index (χ0v) is 14.1. The maximum atomic E-state index is 12.6. The van der Waals surface area contributed by atoms with E-state index in [1.54, 1.807) is 17.0 Å². The highest BCUT2D eigenvalue weighted by Crippen LogP contribution is 2.26. The predicted octanol–water partition coefficient (Wildman–Crippen LogP) is 3.08. The number of halogens is 2. The Morgan fingerprint density at radius 1 is 1.15 bits per heavy atom. The Morgan fingerprint density at radius 3 is 2.20 bits per heavy atom. The van der Waals surface area contributed by atoms with E-state index >= 15 is 0 Å². The first kappa shape index (κ1) is 15.5. The van der Waals surface area contributed by atoms with Crippen LogP contribution in [-0.4, -0.2) is 29.3 Å². The van der Waals surface area contributed by atoms with Gasteiger partial charge in [0.05, 0.1) is 6.54 Å². The van der Waals surface area contributed by atoms with Gasteiger partial charge in [0.2, 0.25) is 5.91 Å². The van der Waals surface area contributed by atoms with Crippen molar-refractivity contribution in [3.8, 4) is 0 Å². The highest BCUT2D eigenvalue weighted by atomic mass is 79.9. The van der Waals surface area contributed by atoms with E-state index in [1.807, 2.05) is 6.07 Å². The summed E-state index contributed by atoms with van der Waals surface area (Å²) in [4.78, 5) is 25.5. The Morgan fingerprint density at radius 2 is 1.70 bits per heavy atom. The van der Waals surface area contributed by atoms with E-state index in [2.05, 4.69) is 31.9 Å². The molecule has 2 amide bonds. The number of carbonyl (C=O) groups is 2. The summed E-state index contributed by atoms with van der Waals surface area (Å²) < 4.78 is 1.64. The van der Waals surface area contributed by atoms with Crippen LogP contribution in [0.15, 0.2) is 27.1 Å². The molecule has 1 fully saturated rings. The minimum atomic E-state index is -0.473. The smallest absolute Gasteiger partial charge is 0.254 e. The fourth-order valence-corrected chi connectivity index (χ4v) is 3.89. The van der Waals surface area contributed by atoms with Gasteiger partial charge in [0, 0.05) is 20.6 Å². The second kappa shape index (κ2) is 6.72. The first-order valence-electron chi connectivity index (χ1n) is 6.53. The second-order valence-electron chi connectivity index (χ2n) is 5.00. The zero-order chi connectivity index (χ0) is 14.7. The van der Waals surface area contributed by atoms with Gasteiger partial charge < -0.3 is 10.6 Å². The highest BCUT2D eigenvalue weighted by Gasteiger charge is 2.28. The van der Waals surface area contributed by atoms with E-state index in [9.17, 15) is 9.59 Å². The molecule has 2 rings (SSSR count). The van der Waals surface area contributed by atoms with Crippen LogP contribution in [0.3, 0.4) is 0 Å². The van der Waals surface area contributed by atoms with Gasteiger partial charge in [0.25, 0.3) is 5.91 Å². The van der Waals surface area contributed by atoms with Crippen LogP contribution in [0, 0.1) is 0 Å². The summed E-state index contributed by atoms with van der Waals surface area (Å²) in [5.41, 5.74) is 5.84. The van der Waals surface area contributed by atoms with Crippen LogP contribution in [0.2, 0.25) is 0 Å². The fourth-order valence-electron chi connectivity index (χ4n) is 2.59. The van der Waals surface area contributed by atoms with Crippen LogP contribution in [0.4, 0.5) is 0 Å². The molecule has 4 nitrogen and oxygen atoms in total. The van der Waals surface area contributed by atoms with Crippen molar-refractivity contribution in [3.63, 3.8) is 0 Å². The van der Waals surface area contributed by atoms with E-state index in [0.29, 0.717) is 5.56 Å². The van der Waals surface area contributed by atoms with Crippen LogP contribution < -0.4 is 5.73 Å². The molecule has 0 aliphatic heterocycles. The molecule has 0 atom stereocenters. The molecule has 1 aliphatic carbocycles. The van der Waals surface area contributed by atoms with Gasteiger partial charge in [-0.2, -0.15) is 0 Å². The minimum Gasteiger partial charge on any atom is -0.368 e. The van der Waals surface area contributed by atoms with Crippen molar-refractivity contribution in [2.75, 3.05) is 6.54 Å². The summed E-state index contributed by atoms with van der Waals surface area (Å²) >= 11 is 6.74. The van der Waals surface area contributed by atoms with Crippen LogP contribution in [-0.2, 0) is 4.79 Å². The molecule has 0 spiro atoms. The Hall–Kier alpha value is -0.880. The van der Waals surface area contributed by atoms with Crippen molar-refractivity contribution in [2.24, 2.45) is 5.73 Å². The standard InChI is InChI=1S/C14H16Br2N2O2/c15-10-5-9(6-11(16)7-10)14(20)18(8-13(17)19)12-3-1-2-4-12/h5-7,12H,1-4,8H2,(H2,17,19). The third-order valence-electron chi connectivity index (χ3n) is 3.46. The van der Waals surface area contributed by atoms with Gasteiger partial charge in [-0.25, -0.2) is 0 Å². The largest absolute Gasteiger partial charge is 0.368 e. The van der Waals surface area contributed by atoms with Crippen molar-refractivity contribution in [3.05, 3.63) is 32.7 Å². The molecule has 1 saturated carbocycles. The fraction of sp³-hybridized carbons (Fsp3) is 0.429. The van der Waals surface area contributed by atoms with Gasteiger partial charge in [-0.1, -0.05) is 44.7 Å². The lowest BCUT2D eigenvalue weighted by atomic mass is 10.1. The van der Waals surface area contributed by atoms with Gasteiger partial charge in [-0.15, -0.1) is 0 Å². The van der Waals surface area contributed by atoms with Crippen LogP contribution >= 0.6 is 31.9 Å². The number of amides is 2. The number of rotatable bonds is 4. The number of benzene rings is 1. The molecule has 1 aromatic carbocycles. The van der Waals surface area contributed by atoms with Crippen LogP contribution in [0.5, 0.6) is 0 Å². The average molecular weight is 404 g/mol. The van der Waals surface area contributed by atoms with Crippen molar-refractivity contribution < 1.29 is 9.59 Å². The molecular weight excluding hydrogens is 388 g/mol. The molecule has 108 valence electrons. The van der Waals surface area contributed by atoms with E-state index < -0.39 is 5.91 Å². The molecule has 1 aliphatic rings. The van der Waals surface area contributed by atoms with Gasteiger partial charge in [0.1, 0.15) is 0 Å². The number of hydrogen-bond donors (Lipinski definition) is 1. The molecule has 0 heterocycles. The lowest BCUT2D eigenvalue weighted by molar-refractivity contribution is -0.119. The normalized spacial score (nSPS) is 15.3. The molecule has 0 saturated heterocycles. The van der Waals surface area contributed by atoms with Gasteiger partial charge in [-0.3, -0.25) is 9.59 Å². The Bertz CT molecular complexity index is 508. The molecule has 0 aromatic heterocycles. The third kappa shape index (κ3) is 3.82. The summed E-state index contributed by atoms with van der Waals surface area (Å²) in [5.74, 6) is -0.614. The summed E-state index contributed by atoms with van der Waals surface area (Å²) in [7, 11) is 0. The molecule has 2 N–H and O–H groups in total. The number of primary amides is 1. The van der Waals surface area contributed by atoms with Gasteiger partial charge >= 0.3 is 0 Å². The summed E-state index contributed by atoms with van der Waals surface area (Å²) in [6.45, 7) is -0.0202. The first-order chi connectivity index (χ1) is 9.47. The molecular formula is C14H16Br2N2O2.